The average Bonchev–Trinajstić information content (AvgIpc) is 0.925. The van der Waals surface area contributed by atoms with Crippen LogP contribution in [0.15, 0.2) is 552 Å². The van der Waals surface area contributed by atoms with Crippen LogP contribution >= 0.6 is 0 Å². The lowest BCUT2D eigenvalue weighted by Crippen LogP contribution is -1.92. The van der Waals surface area contributed by atoms with Gasteiger partial charge < -0.3 is 17.7 Å². The zero-order chi connectivity index (χ0) is 96.2. The Kier molecular flexibility index (Phi) is 20.6. The number of fused-ring (bicyclic) bond motifs is 22. The van der Waals surface area contributed by atoms with Crippen molar-refractivity contribution in [2.45, 2.75) is 0 Å². The minimum Gasteiger partial charge on any atom is -0.456 e. The van der Waals surface area contributed by atoms with Crippen LogP contribution in [0.4, 0.5) is 0 Å². The first-order valence-corrected chi connectivity index (χ1v) is 50.0. The van der Waals surface area contributed by atoms with E-state index >= 15 is 0 Å². The third-order valence-corrected chi connectivity index (χ3v) is 29.8. The maximum absolute atomic E-state index is 6.15. The van der Waals surface area contributed by atoms with Crippen molar-refractivity contribution in [3.8, 4) is 100 Å². The van der Waals surface area contributed by atoms with Crippen LogP contribution in [-0.4, -0.2) is 0 Å². The Balaban J connectivity index is 0.0000000944. The molecule has 0 N–H and O–H groups in total. The molecule has 0 spiro atoms. The second-order valence-corrected chi connectivity index (χ2v) is 38.0. The quantitative estimate of drug-likeness (QED) is 0.135. The summed E-state index contributed by atoms with van der Waals surface area (Å²) in [6.07, 6.45) is 0. The van der Waals surface area contributed by atoms with Crippen LogP contribution in [0.2, 0.25) is 0 Å². The molecule has 4 aromatic heterocycles. The second kappa shape index (κ2) is 35.5. The normalized spacial score (nSPS) is 11.7. The molecule has 0 aliphatic carbocycles. The van der Waals surface area contributed by atoms with E-state index in [0.717, 1.165) is 87.8 Å². The molecule has 4 heteroatoms. The Hall–Kier alpha value is -19.3. The van der Waals surface area contributed by atoms with E-state index in [1.807, 2.05) is 48.5 Å². The predicted molar refractivity (Wildman–Crippen MR) is 619 cm³/mol. The summed E-state index contributed by atoms with van der Waals surface area (Å²) in [5.74, 6) is 0. The van der Waals surface area contributed by atoms with Gasteiger partial charge in [-0.25, -0.2) is 0 Å². The lowest BCUT2D eigenvalue weighted by Gasteiger charge is -2.19. The van der Waals surface area contributed by atoms with E-state index in [0.29, 0.717) is 0 Å². The van der Waals surface area contributed by atoms with Crippen molar-refractivity contribution in [3.63, 3.8) is 0 Å². The van der Waals surface area contributed by atoms with Gasteiger partial charge in [0.2, 0.25) is 0 Å². The fourth-order valence-corrected chi connectivity index (χ4v) is 23.5. The Bertz CT molecular complexity index is 10400. The fraction of sp³-hybridized carbons (Fsp3) is 0. The molecule has 0 saturated heterocycles. The minimum absolute atomic E-state index is 0.918. The first-order valence-electron chi connectivity index (χ1n) is 50.0. The topological polar surface area (TPSA) is 52.6 Å². The van der Waals surface area contributed by atoms with Crippen LogP contribution in [0.25, 0.3) is 296 Å². The maximum Gasteiger partial charge on any atom is 0.135 e. The molecule has 0 bridgehead atoms. The van der Waals surface area contributed by atoms with Crippen molar-refractivity contribution >= 4 is 195 Å². The van der Waals surface area contributed by atoms with Crippen LogP contribution in [0.1, 0.15) is 0 Å². The van der Waals surface area contributed by atoms with E-state index in [2.05, 4.69) is 485 Å². The molecule has 0 fully saturated rings. The highest BCUT2D eigenvalue weighted by atomic mass is 16.3. The largest absolute Gasteiger partial charge is 0.456 e. The number of para-hydroxylation sites is 4. The van der Waals surface area contributed by atoms with Crippen LogP contribution in [-0.2, 0) is 0 Å². The highest BCUT2D eigenvalue weighted by Gasteiger charge is 2.26. The summed E-state index contributed by atoms with van der Waals surface area (Å²) >= 11 is 0. The maximum atomic E-state index is 6.15. The summed E-state index contributed by atoms with van der Waals surface area (Å²) in [5.41, 5.74) is 29.9. The summed E-state index contributed by atoms with van der Waals surface area (Å²) in [4.78, 5) is 0. The molecule has 31 aromatic rings. The molecule has 146 heavy (non-hydrogen) atoms. The Morgan fingerprint density at radius 1 is 0.0890 bits per heavy atom. The molecule has 0 unspecified atom stereocenters. The molecule has 0 radical (unpaired) electrons. The lowest BCUT2D eigenvalue weighted by atomic mass is 9.83. The van der Waals surface area contributed by atoms with Gasteiger partial charge in [0.1, 0.15) is 44.7 Å². The average molecular weight is 1860 g/mol. The van der Waals surface area contributed by atoms with Crippen molar-refractivity contribution in [2.75, 3.05) is 0 Å². The number of benzene rings is 27. The smallest absolute Gasteiger partial charge is 0.135 e. The van der Waals surface area contributed by atoms with Gasteiger partial charge in [-0.2, -0.15) is 0 Å². The molecular weight excluding hydrogens is 1770 g/mol. The standard InChI is InChI=1S/C38H24O.2C36H22O.C32H20O/c1-2-12-25(13-3-1)27-14-4-5-16-29(27)38-32-19-8-6-17-30(32)37(31-18-7-9-20-33(31)38)26-22-23-36-34(24-26)28-15-10-11-21-35(28)39-36;1-2-12-25-23(10-1)11-9-18-27(25)36-30-16-5-3-14-28(30)35(29-15-4-6-17-31(29)36)24-20-21-34-32(22-24)26-13-7-8-19-33(26)37-34;1-2-10-24-21-25(18-17-23(24)9-1)35-28-12-3-5-14-30(28)36(31-15-6-4-13-29(31)35)26-19-20-34-32(22-26)27-11-7-8-16-33(27)37-34;1-2-10-21(11-3-1)31-24-13-4-6-15-26(24)32(27-16-7-5-14-25(27)31)22-18-19-30-28(20-22)23-12-8-9-17-29(23)33-30/h1-24H;2*1-22H;1-20H. The van der Waals surface area contributed by atoms with E-state index in [1.165, 1.54) is 208 Å². The Labute approximate surface area is 841 Å². The number of hydrogen-bond donors (Lipinski definition) is 0. The zero-order valence-corrected chi connectivity index (χ0v) is 79.4. The SMILES string of the molecule is c1ccc(-c2c3ccccc3c(-c3ccc4oc5ccccc5c4c3)c3ccccc23)cc1.c1ccc(-c2ccccc2-c2c3ccccc3c(-c3ccc4oc5ccccc5c4c3)c3ccccc23)cc1.c1ccc2c(-c3c4ccccc4c(-c4ccc5oc6ccccc6c5c4)c4ccccc34)cccc2c1.c1ccc2cc(-c3c4ccccc4c(-c4ccc5oc6ccccc6c5c4)c4ccccc34)ccc2c1. The summed E-state index contributed by atoms with van der Waals surface area (Å²) in [5, 5.41) is 34.5. The van der Waals surface area contributed by atoms with Gasteiger partial charge in [0.05, 0.1) is 0 Å². The van der Waals surface area contributed by atoms with E-state index in [4.69, 9.17) is 17.7 Å². The van der Waals surface area contributed by atoms with Gasteiger partial charge in [0.25, 0.3) is 0 Å². The van der Waals surface area contributed by atoms with Gasteiger partial charge in [-0.05, 0) is 287 Å². The van der Waals surface area contributed by atoms with Gasteiger partial charge in [-0.1, -0.05) is 455 Å². The fourth-order valence-electron chi connectivity index (χ4n) is 23.5. The first kappa shape index (κ1) is 84.8. The Morgan fingerprint density at radius 2 is 0.295 bits per heavy atom. The Morgan fingerprint density at radius 3 is 0.623 bits per heavy atom. The van der Waals surface area contributed by atoms with Crippen molar-refractivity contribution in [1.29, 1.82) is 0 Å². The van der Waals surface area contributed by atoms with Gasteiger partial charge >= 0.3 is 0 Å². The summed E-state index contributed by atoms with van der Waals surface area (Å²) in [7, 11) is 0. The van der Waals surface area contributed by atoms with Crippen LogP contribution in [0.5, 0.6) is 0 Å². The van der Waals surface area contributed by atoms with E-state index in [-0.39, 0.29) is 0 Å². The molecule has 0 atom stereocenters. The molecule has 31 rings (SSSR count). The number of rotatable bonds is 9. The van der Waals surface area contributed by atoms with Crippen molar-refractivity contribution in [2.24, 2.45) is 0 Å². The van der Waals surface area contributed by atoms with Crippen molar-refractivity contribution < 1.29 is 17.7 Å². The number of hydrogen-bond acceptors (Lipinski definition) is 4. The van der Waals surface area contributed by atoms with Gasteiger partial charge in [-0.3, -0.25) is 0 Å². The van der Waals surface area contributed by atoms with Crippen LogP contribution in [0.3, 0.4) is 0 Å². The molecule has 4 heterocycles. The van der Waals surface area contributed by atoms with Gasteiger partial charge in [0, 0.05) is 43.1 Å². The molecule has 0 amide bonds. The third kappa shape index (κ3) is 14.4. The van der Waals surface area contributed by atoms with Crippen molar-refractivity contribution in [3.05, 3.63) is 534 Å². The lowest BCUT2D eigenvalue weighted by molar-refractivity contribution is 0.668. The number of furan rings is 4. The van der Waals surface area contributed by atoms with Gasteiger partial charge in [-0.15, -0.1) is 0 Å². The van der Waals surface area contributed by atoms with E-state index in [9.17, 15) is 0 Å². The highest BCUT2D eigenvalue weighted by Crippen LogP contribution is 2.53. The van der Waals surface area contributed by atoms with Crippen molar-refractivity contribution in [1.82, 2.24) is 0 Å². The first-order chi connectivity index (χ1) is 72.5. The molecule has 0 aliphatic heterocycles. The second-order valence-electron chi connectivity index (χ2n) is 38.0. The van der Waals surface area contributed by atoms with E-state index < -0.39 is 0 Å². The predicted octanol–water partition coefficient (Wildman–Crippen LogP) is 40.9. The third-order valence-electron chi connectivity index (χ3n) is 29.8. The molecule has 27 aromatic carbocycles. The summed E-state index contributed by atoms with van der Waals surface area (Å²) in [6.45, 7) is 0. The monoisotopic (exact) mass is 1860 g/mol. The summed E-state index contributed by atoms with van der Waals surface area (Å²) < 4.78 is 24.5. The zero-order valence-electron chi connectivity index (χ0n) is 79.4. The molecule has 4 nitrogen and oxygen atoms in total. The molecule has 680 valence electrons. The van der Waals surface area contributed by atoms with Gasteiger partial charge in [0.15, 0.2) is 0 Å². The summed E-state index contributed by atoms with van der Waals surface area (Å²) in [6, 6.07) is 191. The minimum atomic E-state index is 0.918. The molecule has 0 aliphatic rings. The highest BCUT2D eigenvalue weighted by molar-refractivity contribution is 6.29. The van der Waals surface area contributed by atoms with Crippen LogP contribution < -0.4 is 0 Å². The van der Waals surface area contributed by atoms with Crippen LogP contribution in [0, 0.1) is 0 Å². The molecule has 0 saturated carbocycles. The van der Waals surface area contributed by atoms with E-state index in [1.54, 1.807) is 0 Å². The molecular formula is C142H88O4.